The van der Waals surface area contributed by atoms with Crippen molar-refractivity contribution in [2.24, 2.45) is 0 Å². The molecule has 0 unspecified atom stereocenters. The van der Waals surface area contributed by atoms with Crippen molar-refractivity contribution in [3.05, 3.63) is 16.4 Å². The zero-order valence-electron chi connectivity index (χ0n) is 9.78. The fraction of sp³-hybridized carbons (Fsp3) is 0.636. The van der Waals surface area contributed by atoms with Crippen molar-refractivity contribution in [2.45, 2.75) is 25.4 Å². The Hall–Kier alpha value is -0.720. The van der Waals surface area contributed by atoms with Gasteiger partial charge in [-0.2, -0.15) is 5.10 Å². The molecule has 1 fully saturated rings. The van der Waals surface area contributed by atoms with E-state index in [0.29, 0.717) is 31.4 Å². The van der Waals surface area contributed by atoms with Gasteiger partial charge in [-0.25, -0.2) is 0 Å². The lowest BCUT2D eigenvalue weighted by Gasteiger charge is -2.07. The third-order valence-corrected chi connectivity index (χ3v) is 3.28. The van der Waals surface area contributed by atoms with Gasteiger partial charge in [-0.15, -0.1) is 0 Å². The Morgan fingerprint density at radius 1 is 1.71 bits per heavy atom. The van der Waals surface area contributed by atoms with Crippen LogP contribution in [0.4, 0.5) is 0 Å². The van der Waals surface area contributed by atoms with Crippen LogP contribution in [0.5, 0.6) is 0 Å². The molecule has 1 heterocycles. The van der Waals surface area contributed by atoms with E-state index in [1.165, 1.54) is 12.8 Å². The highest BCUT2D eigenvalue weighted by Gasteiger charge is 2.23. The fourth-order valence-electron chi connectivity index (χ4n) is 1.60. The highest BCUT2D eigenvalue weighted by atomic mass is 79.9. The Bertz CT molecular complexity index is 401. The molecule has 0 saturated heterocycles. The molecule has 5 nitrogen and oxygen atoms in total. The second-order valence-electron chi connectivity index (χ2n) is 4.14. The number of methoxy groups -OCH3 is 1. The molecular weight excluding hydrogens is 286 g/mol. The highest BCUT2D eigenvalue weighted by molar-refractivity contribution is 9.10. The van der Waals surface area contributed by atoms with Gasteiger partial charge in [0.2, 0.25) is 0 Å². The topological polar surface area (TPSA) is 56.2 Å². The Kier molecular flexibility index (Phi) is 4.31. The predicted molar refractivity (Wildman–Crippen MR) is 67.2 cm³/mol. The van der Waals surface area contributed by atoms with E-state index < -0.39 is 0 Å². The van der Waals surface area contributed by atoms with Gasteiger partial charge in [-0.05, 0) is 28.8 Å². The number of nitrogens with one attached hydrogen (secondary N) is 1. The van der Waals surface area contributed by atoms with Crippen LogP contribution in [0.1, 0.15) is 23.3 Å². The third-order valence-electron chi connectivity index (χ3n) is 2.69. The number of aromatic nitrogens is 2. The van der Waals surface area contributed by atoms with E-state index in [4.69, 9.17) is 4.74 Å². The lowest BCUT2D eigenvalue weighted by atomic mass is 10.3. The van der Waals surface area contributed by atoms with Crippen molar-refractivity contribution in [3.63, 3.8) is 0 Å². The molecule has 94 valence electrons. The quantitative estimate of drug-likeness (QED) is 0.770. The smallest absolute Gasteiger partial charge is 0.195 e. The second kappa shape index (κ2) is 5.75. The van der Waals surface area contributed by atoms with E-state index in [0.717, 1.165) is 4.47 Å². The molecule has 1 aromatic rings. The molecule has 1 N–H and O–H groups in total. The molecule has 0 aromatic carbocycles. The molecule has 0 spiro atoms. The largest absolute Gasteiger partial charge is 0.383 e. The fourth-order valence-corrected chi connectivity index (χ4v) is 2.11. The number of hydrogen-bond donors (Lipinski definition) is 1. The van der Waals surface area contributed by atoms with Crippen LogP contribution in [0.2, 0.25) is 0 Å². The Labute approximate surface area is 109 Å². The number of nitrogens with zero attached hydrogens (tertiary/aromatic N) is 2. The Balaban J connectivity index is 2.00. The zero-order valence-corrected chi connectivity index (χ0v) is 11.4. The number of ether oxygens (including phenoxy) is 1. The van der Waals surface area contributed by atoms with Crippen molar-refractivity contribution in [1.82, 2.24) is 15.1 Å². The van der Waals surface area contributed by atoms with Crippen molar-refractivity contribution in [3.8, 4) is 0 Å². The Morgan fingerprint density at radius 3 is 3.12 bits per heavy atom. The molecule has 0 amide bonds. The molecule has 1 saturated carbocycles. The molecule has 0 aliphatic heterocycles. The molecule has 1 aromatic heterocycles. The van der Waals surface area contributed by atoms with Gasteiger partial charge in [-0.3, -0.25) is 9.48 Å². The van der Waals surface area contributed by atoms with Gasteiger partial charge in [0.1, 0.15) is 5.69 Å². The van der Waals surface area contributed by atoms with Gasteiger partial charge >= 0.3 is 0 Å². The van der Waals surface area contributed by atoms with Crippen LogP contribution in [0.3, 0.4) is 0 Å². The normalized spacial score (nSPS) is 15.2. The first-order valence-electron chi connectivity index (χ1n) is 5.69. The van der Waals surface area contributed by atoms with Crippen molar-refractivity contribution in [1.29, 1.82) is 0 Å². The number of rotatable bonds is 7. The molecular formula is C11H16BrN3O2. The second-order valence-corrected chi connectivity index (χ2v) is 4.99. The summed E-state index contributed by atoms with van der Waals surface area (Å²) >= 11 is 3.36. The SMILES string of the molecule is COCCn1ncc(Br)c1C(=O)CNC1CC1. The van der Waals surface area contributed by atoms with Crippen LogP contribution in [-0.2, 0) is 11.3 Å². The van der Waals surface area contributed by atoms with Crippen molar-refractivity contribution >= 4 is 21.7 Å². The first-order chi connectivity index (χ1) is 8.22. The van der Waals surface area contributed by atoms with Gasteiger partial charge in [-0.1, -0.05) is 0 Å². The maximum absolute atomic E-state index is 12.0. The monoisotopic (exact) mass is 301 g/mol. The van der Waals surface area contributed by atoms with E-state index in [-0.39, 0.29) is 5.78 Å². The van der Waals surface area contributed by atoms with Crippen molar-refractivity contribution < 1.29 is 9.53 Å². The predicted octanol–water partition coefficient (Wildman–Crippen LogP) is 1.23. The molecule has 0 radical (unpaired) electrons. The molecule has 2 rings (SSSR count). The van der Waals surface area contributed by atoms with E-state index >= 15 is 0 Å². The van der Waals surface area contributed by atoms with E-state index in [1.54, 1.807) is 18.0 Å². The molecule has 0 bridgehead atoms. The van der Waals surface area contributed by atoms with Crippen LogP contribution >= 0.6 is 15.9 Å². The van der Waals surface area contributed by atoms with E-state index in [2.05, 4.69) is 26.3 Å². The third kappa shape index (κ3) is 3.37. The lowest BCUT2D eigenvalue weighted by molar-refractivity contribution is 0.0976. The molecule has 17 heavy (non-hydrogen) atoms. The van der Waals surface area contributed by atoms with Crippen LogP contribution in [0, 0.1) is 0 Å². The molecule has 6 heteroatoms. The maximum atomic E-state index is 12.0. The maximum Gasteiger partial charge on any atom is 0.195 e. The summed E-state index contributed by atoms with van der Waals surface area (Å²) in [6, 6.07) is 0.535. The summed E-state index contributed by atoms with van der Waals surface area (Å²) in [5.74, 6) is 0.0670. The number of ketones is 1. The van der Waals surface area contributed by atoms with Crippen LogP contribution in [-0.4, -0.2) is 41.9 Å². The van der Waals surface area contributed by atoms with Gasteiger partial charge in [0, 0.05) is 13.2 Å². The summed E-state index contributed by atoms with van der Waals surface area (Å²) in [5, 5.41) is 7.37. The minimum Gasteiger partial charge on any atom is -0.383 e. The van der Waals surface area contributed by atoms with Crippen LogP contribution in [0.25, 0.3) is 0 Å². The standard InChI is InChI=1S/C11H16BrN3O2/c1-17-5-4-15-11(9(12)6-14-15)10(16)7-13-8-2-3-8/h6,8,13H,2-5,7H2,1H3. The number of Topliss-reactive ketones (excluding diaryl/α,β-unsaturated/α-hetero) is 1. The number of hydrogen-bond acceptors (Lipinski definition) is 4. The summed E-state index contributed by atoms with van der Waals surface area (Å²) in [4.78, 5) is 12.0. The lowest BCUT2D eigenvalue weighted by Crippen LogP contribution is -2.27. The minimum atomic E-state index is 0.0670. The van der Waals surface area contributed by atoms with Crippen molar-refractivity contribution in [2.75, 3.05) is 20.3 Å². The summed E-state index contributed by atoms with van der Waals surface area (Å²) in [6.45, 7) is 1.51. The molecule has 1 aliphatic carbocycles. The number of carbonyl (C=O) groups excluding carboxylic acids is 1. The van der Waals surface area contributed by atoms with Gasteiger partial charge in [0.15, 0.2) is 5.78 Å². The first kappa shape index (κ1) is 12.7. The van der Waals surface area contributed by atoms with E-state index in [9.17, 15) is 4.79 Å². The summed E-state index contributed by atoms with van der Waals surface area (Å²) < 4.78 is 7.43. The summed E-state index contributed by atoms with van der Waals surface area (Å²) in [6.07, 6.45) is 4.01. The molecule has 0 atom stereocenters. The van der Waals surface area contributed by atoms with Crippen LogP contribution < -0.4 is 5.32 Å². The molecule has 1 aliphatic rings. The zero-order chi connectivity index (χ0) is 12.3. The summed E-state index contributed by atoms with van der Waals surface area (Å²) in [7, 11) is 1.63. The van der Waals surface area contributed by atoms with Gasteiger partial charge < -0.3 is 10.1 Å². The minimum absolute atomic E-state index is 0.0670. The van der Waals surface area contributed by atoms with Gasteiger partial charge in [0.25, 0.3) is 0 Å². The van der Waals surface area contributed by atoms with Gasteiger partial charge in [0.05, 0.1) is 30.4 Å². The average molecular weight is 302 g/mol. The van der Waals surface area contributed by atoms with Crippen LogP contribution in [0.15, 0.2) is 10.7 Å². The Morgan fingerprint density at radius 2 is 2.47 bits per heavy atom. The highest BCUT2D eigenvalue weighted by Crippen LogP contribution is 2.20. The first-order valence-corrected chi connectivity index (χ1v) is 6.48. The number of carbonyl (C=O) groups is 1. The number of halogens is 1. The average Bonchev–Trinajstić information content (AvgIpc) is 3.07. The summed E-state index contributed by atoms with van der Waals surface area (Å²) in [5.41, 5.74) is 0.621. The van der Waals surface area contributed by atoms with E-state index in [1.807, 2.05) is 0 Å².